The molecule has 0 radical (unpaired) electrons. The van der Waals surface area contributed by atoms with Crippen LogP contribution >= 0.6 is 0 Å². The van der Waals surface area contributed by atoms with Gasteiger partial charge in [-0.2, -0.15) is 9.78 Å². The Hall–Kier alpha value is -3.82. The number of nitrogens with zero attached hydrogens (tertiary/aromatic N) is 6. The fourth-order valence-corrected chi connectivity index (χ4v) is 4.39. The van der Waals surface area contributed by atoms with Crippen molar-refractivity contribution in [3.8, 4) is 16.9 Å². The van der Waals surface area contributed by atoms with Crippen molar-refractivity contribution in [3.63, 3.8) is 0 Å². The van der Waals surface area contributed by atoms with Crippen LogP contribution in [0.4, 0.5) is 0 Å². The minimum absolute atomic E-state index is 0.114. The third-order valence-corrected chi connectivity index (χ3v) is 6.28. The first-order chi connectivity index (χ1) is 17.1. The van der Waals surface area contributed by atoms with Crippen molar-refractivity contribution < 1.29 is 9.53 Å². The average Bonchev–Trinajstić information content (AvgIpc) is 3.24. The van der Waals surface area contributed by atoms with E-state index in [0.717, 1.165) is 25.3 Å². The summed E-state index contributed by atoms with van der Waals surface area (Å²) >= 11 is 0. The number of carbonyl (C=O) groups excluding carboxylic acids is 1. The Labute approximate surface area is 203 Å². The average molecular weight is 473 g/mol. The lowest BCUT2D eigenvalue weighted by Gasteiger charge is -2.34. The van der Waals surface area contributed by atoms with Crippen LogP contribution in [-0.2, 0) is 17.8 Å². The molecule has 0 unspecified atom stereocenters. The summed E-state index contributed by atoms with van der Waals surface area (Å²) in [6.45, 7) is 4.47. The number of aromatic nitrogens is 4. The van der Waals surface area contributed by atoms with Crippen LogP contribution in [-0.4, -0.2) is 74.9 Å². The van der Waals surface area contributed by atoms with Crippen LogP contribution in [0.3, 0.4) is 0 Å². The van der Waals surface area contributed by atoms with Gasteiger partial charge in [-0.15, -0.1) is 0 Å². The van der Waals surface area contributed by atoms with Gasteiger partial charge in [0, 0.05) is 65.0 Å². The molecular weight excluding hydrogens is 444 g/mol. The van der Waals surface area contributed by atoms with Gasteiger partial charge in [0.25, 0.3) is 11.5 Å². The number of benzene rings is 1. The molecule has 180 valence electrons. The van der Waals surface area contributed by atoms with E-state index >= 15 is 0 Å². The molecule has 1 saturated heterocycles. The van der Waals surface area contributed by atoms with E-state index in [9.17, 15) is 9.59 Å². The second kappa shape index (κ2) is 10.2. The number of methoxy groups -OCH3 is 1. The van der Waals surface area contributed by atoms with Crippen molar-refractivity contribution in [3.05, 3.63) is 88.7 Å². The summed E-state index contributed by atoms with van der Waals surface area (Å²) in [4.78, 5) is 35.4. The topological polar surface area (TPSA) is 85.5 Å². The van der Waals surface area contributed by atoms with E-state index in [0.29, 0.717) is 48.7 Å². The molecule has 1 fully saturated rings. The number of rotatable bonds is 7. The SMILES string of the molecule is COCCn1cc(C(=O)N2CCN(Cc3ccccn3)CC2)c2nn(-c3ccccc3)c(=O)c-2c1. The Morgan fingerprint density at radius 3 is 2.49 bits per heavy atom. The second-order valence-electron chi connectivity index (χ2n) is 8.61. The number of carbonyl (C=O) groups is 1. The Kier molecular flexibility index (Phi) is 6.69. The first-order valence-electron chi connectivity index (χ1n) is 11.7. The maximum Gasteiger partial charge on any atom is 0.282 e. The summed E-state index contributed by atoms with van der Waals surface area (Å²) < 4.78 is 8.42. The van der Waals surface area contributed by atoms with Gasteiger partial charge in [0.05, 0.1) is 29.1 Å². The van der Waals surface area contributed by atoms with Gasteiger partial charge in [-0.05, 0) is 24.3 Å². The molecule has 0 atom stereocenters. The van der Waals surface area contributed by atoms with Crippen LogP contribution in [0.15, 0.2) is 71.9 Å². The lowest BCUT2D eigenvalue weighted by Crippen LogP contribution is -2.48. The van der Waals surface area contributed by atoms with Gasteiger partial charge >= 0.3 is 0 Å². The Morgan fingerprint density at radius 1 is 1.00 bits per heavy atom. The van der Waals surface area contributed by atoms with E-state index in [1.54, 1.807) is 25.7 Å². The van der Waals surface area contributed by atoms with Gasteiger partial charge in [0.1, 0.15) is 5.69 Å². The van der Waals surface area contributed by atoms with Crippen LogP contribution in [0.2, 0.25) is 0 Å². The minimum atomic E-state index is -0.243. The molecule has 0 bridgehead atoms. The second-order valence-corrected chi connectivity index (χ2v) is 8.61. The zero-order valence-corrected chi connectivity index (χ0v) is 19.7. The number of fused-ring (bicyclic) bond motifs is 1. The zero-order valence-electron chi connectivity index (χ0n) is 19.7. The largest absolute Gasteiger partial charge is 0.383 e. The molecule has 4 heterocycles. The highest BCUT2D eigenvalue weighted by Gasteiger charge is 2.29. The van der Waals surface area contributed by atoms with Gasteiger partial charge in [0.15, 0.2) is 0 Å². The Morgan fingerprint density at radius 2 is 1.77 bits per heavy atom. The number of amides is 1. The smallest absolute Gasteiger partial charge is 0.282 e. The molecule has 1 amide bonds. The third-order valence-electron chi connectivity index (χ3n) is 6.28. The molecule has 1 aromatic heterocycles. The van der Waals surface area contributed by atoms with Crippen LogP contribution in [0.1, 0.15) is 16.1 Å². The summed E-state index contributed by atoms with van der Waals surface area (Å²) in [6.07, 6.45) is 5.34. The van der Waals surface area contributed by atoms with Gasteiger partial charge in [0.2, 0.25) is 0 Å². The van der Waals surface area contributed by atoms with E-state index in [1.807, 2.05) is 58.0 Å². The van der Waals surface area contributed by atoms with E-state index in [2.05, 4.69) is 15.0 Å². The summed E-state index contributed by atoms with van der Waals surface area (Å²) in [7, 11) is 1.63. The number of piperazine rings is 1. The van der Waals surface area contributed by atoms with Crippen molar-refractivity contribution in [2.24, 2.45) is 0 Å². The molecule has 2 aromatic rings. The number of ether oxygens (including phenoxy) is 1. The van der Waals surface area contributed by atoms with Gasteiger partial charge in [-0.25, -0.2) is 0 Å². The van der Waals surface area contributed by atoms with Crippen LogP contribution in [0.5, 0.6) is 0 Å². The van der Waals surface area contributed by atoms with Crippen LogP contribution in [0.25, 0.3) is 16.9 Å². The van der Waals surface area contributed by atoms with Gasteiger partial charge < -0.3 is 14.2 Å². The van der Waals surface area contributed by atoms with Crippen LogP contribution < -0.4 is 5.56 Å². The van der Waals surface area contributed by atoms with Gasteiger partial charge in [-0.3, -0.25) is 19.5 Å². The van der Waals surface area contributed by atoms with Crippen molar-refractivity contribution in [1.29, 1.82) is 0 Å². The highest BCUT2D eigenvalue weighted by atomic mass is 16.5. The fraction of sp³-hybridized carbons (Fsp3) is 0.308. The summed E-state index contributed by atoms with van der Waals surface area (Å²) in [5, 5.41) is 4.58. The minimum Gasteiger partial charge on any atom is -0.383 e. The monoisotopic (exact) mass is 472 g/mol. The molecular formula is C26H28N6O3. The lowest BCUT2D eigenvalue weighted by molar-refractivity contribution is 0.0626. The summed E-state index contributed by atoms with van der Waals surface area (Å²) in [5.74, 6) is -0.114. The van der Waals surface area contributed by atoms with Crippen molar-refractivity contribution >= 4 is 5.91 Å². The van der Waals surface area contributed by atoms with Crippen molar-refractivity contribution in [2.75, 3.05) is 39.9 Å². The predicted octanol–water partition coefficient (Wildman–Crippen LogP) is 2.14. The van der Waals surface area contributed by atoms with E-state index in [4.69, 9.17) is 4.74 Å². The Balaban J connectivity index is 1.42. The van der Waals surface area contributed by atoms with Crippen molar-refractivity contribution in [1.82, 2.24) is 29.1 Å². The number of hydrogen-bond donors (Lipinski definition) is 0. The zero-order chi connectivity index (χ0) is 24.2. The highest BCUT2D eigenvalue weighted by Crippen LogP contribution is 2.24. The van der Waals surface area contributed by atoms with E-state index < -0.39 is 0 Å². The lowest BCUT2D eigenvalue weighted by atomic mass is 10.1. The fourth-order valence-electron chi connectivity index (χ4n) is 4.39. The molecule has 0 aliphatic carbocycles. The molecule has 9 nitrogen and oxygen atoms in total. The summed E-state index contributed by atoms with van der Waals surface area (Å²) in [5.41, 5.74) is 2.72. The molecule has 35 heavy (non-hydrogen) atoms. The number of para-hydroxylation sites is 1. The highest BCUT2D eigenvalue weighted by molar-refractivity contribution is 6.00. The molecule has 3 aliphatic heterocycles. The first-order valence-corrected chi connectivity index (χ1v) is 11.7. The standard InChI is InChI=1S/C26H28N6O3/c1-35-16-15-30-18-22(24-23(19-30)26(34)32(28-24)21-8-3-2-4-9-21)25(33)31-13-11-29(12-14-31)17-20-7-5-6-10-27-20/h2-10,18-19H,11-17H2,1H3. The molecule has 0 N–H and O–H groups in total. The summed E-state index contributed by atoms with van der Waals surface area (Å²) in [6, 6.07) is 15.2. The first kappa shape index (κ1) is 22.9. The predicted molar refractivity (Wildman–Crippen MR) is 132 cm³/mol. The third kappa shape index (κ3) is 4.87. The maximum atomic E-state index is 13.7. The van der Waals surface area contributed by atoms with Gasteiger partial charge in [-0.1, -0.05) is 24.3 Å². The normalized spacial score (nSPS) is 14.5. The number of hydrogen-bond acceptors (Lipinski definition) is 6. The van der Waals surface area contributed by atoms with Crippen molar-refractivity contribution in [2.45, 2.75) is 13.1 Å². The molecule has 9 heteroatoms. The quantitative estimate of drug-likeness (QED) is 0.410. The van der Waals surface area contributed by atoms with Crippen LogP contribution in [0, 0.1) is 0 Å². The molecule has 5 rings (SSSR count). The number of pyridine rings is 2. The Bertz CT molecular complexity index is 1310. The molecule has 3 aliphatic rings. The molecule has 0 saturated carbocycles. The van der Waals surface area contributed by atoms with E-state index in [-0.39, 0.29) is 11.5 Å². The molecule has 0 spiro atoms. The molecule has 1 aromatic carbocycles. The van der Waals surface area contributed by atoms with E-state index in [1.165, 1.54) is 4.68 Å². The maximum absolute atomic E-state index is 13.7.